The van der Waals surface area contributed by atoms with Crippen LogP contribution in [0.3, 0.4) is 0 Å². The minimum Gasteiger partial charge on any atom is -0.482 e. The number of hydrogen-bond donors (Lipinski definition) is 2. The molecule has 30 heavy (non-hydrogen) atoms. The van der Waals surface area contributed by atoms with Crippen molar-refractivity contribution in [3.05, 3.63) is 24.3 Å². The van der Waals surface area contributed by atoms with E-state index in [1.54, 1.807) is 11.9 Å². The first-order chi connectivity index (χ1) is 14.3. The molecule has 1 amide bonds. The third-order valence-corrected chi connectivity index (χ3v) is 5.02. The standard InChI is InChI=1S/C21H32N4O4.HI/c1-22-21(24-10-5-12-27-14-17-8-13-28-15-17)23-9-4-11-25-18-6-2-3-7-19(18)29-16-20(25)26;/h2-3,6-7,17H,4-5,8-16H2,1H3,(H2,22,23,24);1H. The van der Waals surface area contributed by atoms with Crippen LogP contribution in [0.25, 0.3) is 0 Å². The number of guanidine groups is 1. The number of ether oxygens (including phenoxy) is 3. The molecule has 2 aliphatic rings. The fourth-order valence-electron chi connectivity index (χ4n) is 3.41. The summed E-state index contributed by atoms with van der Waals surface area (Å²) in [5.41, 5.74) is 0.843. The Morgan fingerprint density at radius 1 is 1.27 bits per heavy atom. The number of amides is 1. The lowest BCUT2D eigenvalue weighted by atomic mass is 10.1. The molecule has 2 aliphatic heterocycles. The Morgan fingerprint density at radius 2 is 2.07 bits per heavy atom. The Kier molecular flexibility index (Phi) is 11.2. The summed E-state index contributed by atoms with van der Waals surface area (Å²) in [6, 6.07) is 7.65. The van der Waals surface area contributed by atoms with E-state index in [0.29, 0.717) is 12.5 Å². The molecule has 0 aliphatic carbocycles. The van der Waals surface area contributed by atoms with Gasteiger partial charge in [-0.25, -0.2) is 0 Å². The van der Waals surface area contributed by atoms with E-state index in [9.17, 15) is 4.79 Å². The zero-order chi connectivity index (χ0) is 20.3. The largest absolute Gasteiger partial charge is 0.482 e. The van der Waals surface area contributed by atoms with Gasteiger partial charge in [-0.15, -0.1) is 24.0 Å². The van der Waals surface area contributed by atoms with Crippen LogP contribution in [0.5, 0.6) is 5.75 Å². The number of halogens is 1. The minimum absolute atomic E-state index is 0. The van der Waals surface area contributed by atoms with Gasteiger partial charge in [-0.05, 0) is 31.4 Å². The number of rotatable bonds is 10. The first-order valence-electron chi connectivity index (χ1n) is 10.4. The van der Waals surface area contributed by atoms with Crippen molar-refractivity contribution in [1.82, 2.24) is 10.6 Å². The Balaban J connectivity index is 0.00000320. The Labute approximate surface area is 195 Å². The molecular weight excluding hydrogens is 499 g/mol. The van der Waals surface area contributed by atoms with Crippen LogP contribution in [0.1, 0.15) is 19.3 Å². The number of nitrogens with zero attached hydrogens (tertiary/aromatic N) is 2. The number of para-hydroxylation sites is 2. The van der Waals surface area contributed by atoms with Crippen LogP contribution in [0.15, 0.2) is 29.3 Å². The molecule has 168 valence electrons. The predicted molar refractivity (Wildman–Crippen MR) is 128 cm³/mol. The summed E-state index contributed by atoms with van der Waals surface area (Å²) < 4.78 is 16.5. The highest BCUT2D eigenvalue weighted by atomic mass is 127. The average molecular weight is 532 g/mol. The van der Waals surface area contributed by atoms with E-state index in [1.165, 1.54) is 0 Å². The number of nitrogens with one attached hydrogen (secondary N) is 2. The summed E-state index contributed by atoms with van der Waals surface area (Å²) >= 11 is 0. The molecule has 1 atom stereocenters. The monoisotopic (exact) mass is 532 g/mol. The van der Waals surface area contributed by atoms with E-state index in [4.69, 9.17) is 14.2 Å². The molecular formula is C21H33IN4O4. The minimum atomic E-state index is -0.00428. The van der Waals surface area contributed by atoms with Crippen LogP contribution in [0.4, 0.5) is 5.69 Å². The second-order valence-corrected chi connectivity index (χ2v) is 7.24. The lowest BCUT2D eigenvalue weighted by Gasteiger charge is -2.29. The second kappa shape index (κ2) is 13.7. The van der Waals surface area contributed by atoms with Crippen molar-refractivity contribution in [2.24, 2.45) is 10.9 Å². The van der Waals surface area contributed by atoms with Gasteiger partial charge in [0.1, 0.15) is 5.75 Å². The van der Waals surface area contributed by atoms with Gasteiger partial charge in [0, 0.05) is 45.8 Å². The molecule has 0 saturated carbocycles. The summed E-state index contributed by atoms with van der Waals surface area (Å²) in [6.07, 6.45) is 2.84. The lowest BCUT2D eigenvalue weighted by Crippen LogP contribution is -2.42. The zero-order valence-electron chi connectivity index (χ0n) is 17.6. The van der Waals surface area contributed by atoms with E-state index < -0.39 is 0 Å². The van der Waals surface area contributed by atoms with Gasteiger partial charge >= 0.3 is 0 Å². The van der Waals surface area contributed by atoms with Gasteiger partial charge in [0.2, 0.25) is 0 Å². The number of carbonyl (C=O) groups excluding carboxylic acids is 1. The molecule has 1 unspecified atom stereocenters. The van der Waals surface area contributed by atoms with Crippen molar-refractivity contribution in [2.75, 3.05) is 64.6 Å². The van der Waals surface area contributed by atoms with Crippen LogP contribution < -0.4 is 20.3 Å². The summed E-state index contributed by atoms with van der Waals surface area (Å²) in [6.45, 7) is 5.49. The van der Waals surface area contributed by atoms with Crippen molar-refractivity contribution >= 4 is 41.5 Å². The van der Waals surface area contributed by atoms with Gasteiger partial charge in [0.15, 0.2) is 12.6 Å². The SMILES string of the molecule is CN=C(NCCCOCC1CCOC1)NCCCN1C(=O)COc2ccccc21.I. The number of fused-ring (bicyclic) bond motifs is 1. The molecule has 1 fully saturated rings. The van der Waals surface area contributed by atoms with E-state index in [2.05, 4.69) is 15.6 Å². The third kappa shape index (κ3) is 7.59. The van der Waals surface area contributed by atoms with Gasteiger partial charge < -0.3 is 29.7 Å². The normalized spacial score (nSPS) is 18.4. The molecule has 1 aromatic carbocycles. The highest BCUT2D eigenvalue weighted by molar-refractivity contribution is 14.0. The maximum atomic E-state index is 12.2. The summed E-state index contributed by atoms with van der Waals surface area (Å²) in [5.74, 6) is 2.08. The highest BCUT2D eigenvalue weighted by Gasteiger charge is 2.24. The van der Waals surface area contributed by atoms with E-state index in [0.717, 1.165) is 76.2 Å². The molecule has 0 radical (unpaired) electrons. The molecule has 1 aromatic rings. The van der Waals surface area contributed by atoms with Crippen LogP contribution in [-0.2, 0) is 14.3 Å². The summed E-state index contributed by atoms with van der Waals surface area (Å²) in [7, 11) is 1.76. The van der Waals surface area contributed by atoms with Crippen LogP contribution in [0.2, 0.25) is 0 Å². The summed E-state index contributed by atoms with van der Waals surface area (Å²) in [4.78, 5) is 18.2. The van der Waals surface area contributed by atoms with E-state index in [1.807, 2.05) is 24.3 Å². The van der Waals surface area contributed by atoms with Crippen LogP contribution >= 0.6 is 24.0 Å². The smallest absolute Gasteiger partial charge is 0.265 e. The molecule has 3 rings (SSSR count). The molecule has 1 saturated heterocycles. The molecule has 2 N–H and O–H groups in total. The fraction of sp³-hybridized carbons (Fsp3) is 0.619. The Bertz CT molecular complexity index is 683. The summed E-state index contributed by atoms with van der Waals surface area (Å²) in [5, 5.41) is 6.59. The predicted octanol–water partition coefficient (Wildman–Crippen LogP) is 2.03. The average Bonchev–Trinajstić information content (AvgIpc) is 3.26. The fourth-order valence-corrected chi connectivity index (χ4v) is 3.41. The molecule has 0 bridgehead atoms. The van der Waals surface area contributed by atoms with Crippen molar-refractivity contribution in [3.63, 3.8) is 0 Å². The second-order valence-electron chi connectivity index (χ2n) is 7.24. The van der Waals surface area contributed by atoms with Gasteiger partial charge in [-0.2, -0.15) is 0 Å². The third-order valence-electron chi connectivity index (χ3n) is 5.02. The number of carbonyl (C=O) groups is 1. The molecule has 2 heterocycles. The molecule has 0 spiro atoms. The highest BCUT2D eigenvalue weighted by Crippen LogP contribution is 2.31. The maximum absolute atomic E-state index is 12.2. The van der Waals surface area contributed by atoms with Gasteiger partial charge in [-0.1, -0.05) is 12.1 Å². The first-order valence-corrected chi connectivity index (χ1v) is 10.4. The topological polar surface area (TPSA) is 84.4 Å². The van der Waals surface area contributed by atoms with Crippen LogP contribution in [-0.4, -0.2) is 71.6 Å². The molecule has 0 aromatic heterocycles. The van der Waals surface area contributed by atoms with Crippen molar-refractivity contribution in [1.29, 1.82) is 0 Å². The molecule has 8 nitrogen and oxygen atoms in total. The number of benzene rings is 1. The van der Waals surface area contributed by atoms with Crippen molar-refractivity contribution in [2.45, 2.75) is 19.3 Å². The zero-order valence-corrected chi connectivity index (χ0v) is 19.9. The molecule has 9 heteroatoms. The Hall–Kier alpha value is -1.59. The van der Waals surface area contributed by atoms with Gasteiger partial charge in [0.05, 0.1) is 18.9 Å². The van der Waals surface area contributed by atoms with Crippen molar-refractivity contribution in [3.8, 4) is 5.75 Å². The first kappa shape index (κ1) is 24.7. The van der Waals surface area contributed by atoms with Gasteiger partial charge in [0.25, 0.3) is 5.91 Å². The maximum Gasteiger partial charge on any atom is 0.265 e. The van der Waals surface area contributed by atoms with Crippen molar-refractivity contribution < 1.29 is 19.0 Å². The Morgan fingerprint density at radius 3 is 2.83 bits per heavy atom. The van der Waals surface area contributed by atoms with Gasteiger partial charge in [-0.3, -0.25) is 9.79 Å². The van der Waals surface area contributed by atoms with E-state index in [-0.39, 0.29) is 36.5 Å². The van der Waals surface area contributed by atoms with E-state index >= 15 is 0 Å². The number of aliphatic imine (C=N–C) groups is 1. The quantitative estimate of drug-likeness (QED) is 0.208. The lowest BCUT2D eigenvalue weighted by molar-refractivity contribution is -0.121. The number of anilines is 1. The number of hydrogen-bond acceptors (Lipinski definition) is 5. The van der Waals surface area contributed by atoms with Crippen LogP contribution in [0, 0.1) is 5.92 Å².